The maximum atomic E-state index is 10.6. The minimum atomic E-state index is -0.499. The van der Waals surface area contributed by atoms with Gasteiger partial charge in [-0.25, -0.2) is 4.98 Å². The van der Waals surface area contributed by atoms with E-state index in [4.69, 9.17) is 4.74 Å². The van der Waals surface area contributed by atoms with E-state index in [1.165, 1.54) is 18.3 Å². The van der Waals surface area contributed by atoms with Gasteiger partial charge >= 0.3 is 0 Å². The normalized spacial score (nSPS) is 12.1. The zero-order chi connectivity index (χ0) is 17.5. The fourth-order valence-electron chi connectivity index (χ4n) is 1.73. The van der Waals surface area contributed by atoms with Crippen molar-refractivity contribution in [2.45, 2.75) is 26.4 Å². The second-order valence-corrected chi connectivity index (χ2v) is 5.91. The summed E-state index contributed by atoms with van der Waals surface area (Å²) in [6, 6.07) is 8.52. The zero-order valence-corrected chi connectivity index (χ0v) is 14.9. The molecule has 1 aromatic heterocycles. The lowest BCUT2D eigenvalue weighted by atomic mass is 10.2. The summed E-state index contributed by atoms with van der Waals surface area (Å²) >= 11 is 3.48. The van der Waals surface area contributed by atoms with Crippen molar-refractivity contribution in [3.63, 3.8) is 0 Å². The summed E-state index contributed by atoms with van der Waals surface area (Å²) in [6.45, 7) is 4.08. The predicted octanol–water partition coefficient (Wildman–Crippen LogP) is 4.38. The highest BCUT2D eigenvalue weighted by Gasteiger charge is 2.06. The van der Waals surface area contributed by atoms with Crippen LogP contribution in [-0.2, 0) is 0 Å². The minimum Gasteiger partial charge on any atom is -0.490 e. The average molecular weight is 393 g/mol. The monoisotopic (exact) mass is 392 g/mol. The van der Waals surface area contributed by atoms with Gasteiger partial charge in [0.1, 0.15) is 17.8 Å². The molecule has 0 fully saturated rings. The van der Waals surface area contributed by atoms with Crippen LogP contribution in [-0.4, -0.2) is 22.2 Å². The number of rotatable bonds is 7. The molecule has 24 heavy (non-hydrogen) atoms. The largest absolute Gasteiger partial charge is 0.490 e. The van der Waals surface area contributed by atoms with Gasteiger partial charge < -0.3 is 4.74 Å². The van der Waals surface area contributed by atoms with Gasteiger partial charge in [-0.15, -0.1) is 0 Å². The van der Waals surface area contributed by atoms with Crippen molar-refractivity contribution in [1.29, 1.82) is 0 Å². The molecule has 0 aliphatic heterocycles. The first-order valence-corrected chi connectivity index (χ1v) is 8.14. The van der Waals surface area contributed by atoms with Gasteiger partial charge in [0, 0.05) is 6.07 Å². The number of pyridine rings is 1. The Balaban J connectivity index is 1.99. The van der Waals surface area contributed by atoms with Crippen molar-refractivity contribution in [3.8, 4) is 5.75 Å². The van der Waals surface area contributed by atoms with E-state index in [0.717, 1.165) is 22.2 Å². The predicted molar refractivity (Wildman–Crippen MR) is 96.6 cm³/mol. The minimum absolute atomic E-state index is 0.0645. The molecule has 1 aromatic carbocycles. The van der Waals surface area contributed by atoms with Gasteiger partial charge in [-0.1, -0.05) is 6.92 Å². The molecule has 0 aliphatic carbocycles. The molecular formula is C16H17BrN4O3. The second-order valence-electron chi connectivity index (χ2n) is 5.06. The van der Waals surface area contributed by atoms with E-state index in [1.54, 1.807) is 6.21 Å². The number of hydrazone groups is 1. The van der Waals surface area contributed by atoms with Gasteiger partial charge in [-0.2, -0.15) is 5.10 Å². The van der Waals surface area contributed by atoms with Gasteiger partial charge in [0.15, 0.2) is 0 Å². The van der Waals surface area contributed by atoms with Crippen molar-refractivity contribution in [2.24, 2.45) is 5.10 Å². The third-order valence-corrected chi connectivity index (χ3v) is 3.83. The van der Waals surface area contributed by atoms with Gasteiger partial charge in [0.2, 0.25) is 0 Å². The molecule has 2 aromatic rings. The summed E-state index contributed by atoms with van der Waals surface area (Å²) in [6.07, 6.45) is 3.88. The number of halogens is 1. The number of nitro groups is 1. The first-order chi connectivity index (χ1) is 11.5. The summed E-state index contributed by atoms with van der Waals surface area (Å²) in [5.74, 6) is 1.21. The van der Waals surface area contributed by atoms with Crippen molar-refractivity contribution in [3.05, 3.63) is 56.7 Å². The molecule has 126 valence electrons. The molecule has 0 unspecified atom stereocenters. The molecule has 1 atom stereocenters. The summed E-state index contributed by atoms with van der Waals surface area (Å²) in [7, 11) is 0. The Hall–Kier alpha value is -2.48. The van der Waals surface area contributed by atoms with E-state index in [1.807, 2.05) is 25.1 Å². The number of hydrogen-bond acceptors (Lipinski definition) is 6. The standard InChI is InChI=1S/C16H17BrN4O3/c1-3-11(2)24-15-6-4-12(8-14(15)17)9-19-20-16-7-5-13(10-18-16)21(22)23/h4-11H,3H2,1-2H3,(H,18,20)/b19-9+/t11-/m1/s1. The first-order valence-electron chi connectivity index (χ1n) is 7.35. The lowest BCUT2D eigenvalue weighted by Crippen LogP contribution is -2.10. The molecule has 2 rings (SSSR count). The van der Waals surface area contributed by atoms with Gasteiger partial charge in [-0.3, -0.25) is 15.5 Å². The molecule has 7 nitrogen and oxygen atoms in total. The quantitative estimate of drug-likeness (QED) is 0.429. The summed E-state index contributed by atoms with van der Waals surface area (Å²) in [5, 5.41) is 14.6. The van der Waals surface area contributed by atoms with Crippen LogP contribution in [0.15, 0.2) is 46.1 Å². The number of anilines is 1. The number of hydrogen-bond donors (Lipinski definition) is 1. The van der Waals surface area contributed by atoms with Gasteiger partial charge in [0.05, 0.1) is 21.7 Å². The van der Waals surface area contributed by atoms with E-state index in [2.05, 4.69) is 38.4 Å². The number of nitrogens with one attached hydrogen (secondary N) is 1. The second kappa shape index (κ2) is 8.39. The molecule has 0 amide bonds. The number of ether oxygens (including phenoxy) is 1. The van der Waals surface area contributed by atoms with Crippen LogP contribution < -0.4 is 10.2 Å². The van der Waals surface area contributed by atoms with Crippen molar-refractivity contribution in [2.75, 3.05) is 5.43 Å². The molecule has 8 heteroatoms. The maximum absolute atomic E-state index is 10.6. The first kappa shape index (κ1) is 17.9. The summed E-state index contributed by atoms with van der Waals surface area (Å²) in [5.41, 5.74) is 3.53. The number of nitrogens with zero attached hydrogens (tertiary/aromatic N) is 3. The topological polar surface area (TPSA) is 89.6 Å². The van der Waals surface area contributed by atoms with E-state index < -0.39 is 4.92 Å². The molecule has 0 spiro atoms. The van der Waals surface area contributed by atoms with E-state index in [9.17, 15) is 10.1 Å². The van der Waals surface area contributed by atoms with E-state index in [-0.39, 0.29) is 11.8 Å². The van der Waals surface area contributed by atoms with Crippen LogP contribution >= 0.6 is 15.9 Å². The third-order valence-electron chi connectivity index (χ3n) is 3.21. The molecule has 0 saturated carbocycles. The maximum Gasteiger partial charge on any atom is 0.287 e. The smallest absolute Gasteiger partial charge is 0.287 e. The fourth-order valence-corrected chi connectivity index (χ4v) is 2.22. The molecule has 0 radical (unpaired) electrons. The van der Waals surface area contributed by atoms with Gasteiger partial charge in [0.25, 0.3) is 5.69 Å². The van der Waals surface area contributed by atoms with Crippen LogP contribution in [0.1, 0.15) is 25.8 Å². The Morgan fingerprint density at radius 3 is 2.83 bits per heavy atom. The zero-order valence-electron chi connectivity index (χ0n) is 13.3. The van der Waals surface area contributed by atoms with Crippen molar-refractivity contribution >= 4 is 33.6 Å². The Kier molecular flexibility index (Phi) is 6.25. The van der Waals surface area contributed by atoms with Crippen LogP contribution in [0.4, 0.5) is 11.5 Å². The third kappa shape index (κ3) is 5.02. The Labute approximate surface area is 148 Å². The molecule has 1 N–H and O–H groups in total. The average Bonchev–Trinajstić information content (AvgIpc) is 2.57. The van der Waals surface area contributed by atoms with E-state index >= 15 is 0 Å². The van der Waals surface area contributed by atoms with Crippen molar-refractivity contribution < 1.29 is 9.66 Å². The van der Waals surface area contributed by atoms with Gasteiger partial charge in [-0.05, 0) is 59.1 Å². The van der Waals surface area contributed by atoms with E-state index in [0.29, 0.717) is 5.82 Å². The number of aromatic nitrogens is 1. The highest BCUT2D eigenvalue weighted by molar-refractivity contribution is 9.10. The SMILES string of the molecule is CC[C@@H](C)Oc1ccc(/C=N/Nc2ccc([N+](=O)[O-])cn2)cc1Br. The van der Waals surface area contributed by atoms with Crippen LogP contribution in [0.25, 0.3) is 0 Å². The Bertz CT molecular complexity index is 735. The molecule has 0 bridgehead atoms. The molecule has 1 heterocycles. The lowest BCUT2D eigenvalue weighted by molar-refractivity contribution is -0.385. The highest BCUT2D eigenvalue weighted by Crippen LogP contribution is 2.26. The highest BCUT2D eigenvalue weighted by atomic mass is 79.9. The molecule has 0 saturated heterocycles. The van der Waals surface area contributed by atoms with Crippen LogP contribution in [0.5, 0.6) is 5.75 Å². The molecular weight excluding hydrogens is 376 g/mol. The van der Waals surface area contributed by atoms with Crippen LogP contribution in [0.3, 0.4) is 0 Å². The number of benzene rings is 1. The summed E-state index contributed by atoms with van der Waals surface area (Å²) < 4.78 is 6.63. The summed E-state index contributed by atoms with van der Waals surface area (Å²) in [4.78, 5) is 14.0. The Morgan fingerprint density at radius 1 is 1.46 bits per heavy atom. The van der Waals surface area contributed by atoms with Crippen molar-refractivity contribution in [1.82, 2.24) is 4.98 Å². The Morgan fingerprint density at radius 2 is 2.25 bits per heavy atom. The lowest BCUT2D eigenvalue weighted by Gasteiger charge is -2.14. The fraction of sp³-hybridized carbons (Fsp3) is 0.250. The van der Waals surface area contributed by atoms with Crippen LogP contribution in [0.2, 0.25) is 0 Å². The van der Waals surface area contributed by atoms with Crippen LogP contribution in [0, 0.1) is 10.1 Å². The molecule has 0 aliphatic rings.